The van der Waals surface area contributed by atoms with Gasteiger partial charge in [0.05, 0.1) is 6.54 Å². The van der Waals surface area contributed by atoms with Gasteiger partial charge in [-0.25, -0.2) is 0 Å². The summed E-state index contributed by atoms with van der Waals surface area (Å²) >= 11 is 0. The molecule has 0 saturated carbocycles. The van der Waals surface area contributed by atoms with Crippen LogP contribution in [0.1, 0.15) is 26.7 Å². The Balaban J connectivity index is 3.71. The molecule has 15 heavy (non-hydrogen) atoms. The molecule has 0 spiro atoms. The van der Waals surface area contributed by atoms with Crippen LogP contribution in [0.3, 0.4) is 0 Å². The Kier molecular flexibility index (Phi) is 6.92. The van der Waals surface area contributed by atoms with E-state index >= 15 is 0 Å². The lowest BCUT2D eigenvalue weighted by atomic mass is 10.1. The molecule has 0 heterocycles. The van der Waals surface area contributed by atoms with E-state index in [-0.39, 0.29) is 0 Å². The molecule has 0 bridgehead atoms. The summed E-state index contributed by atoms with van der Waals surface area (Å²) in [5.74, 6) is 0.398. The van der Waals surface area contributed by atoms with Crippen LogP contribution in [-0.4, -0.2) is 37.3 Å². The van der Waals surface area contributed by atoms with Gasteiger partial charge in [-0.05, 0) is 38.4 Å². The van der Waals surface area contributed by atoms with Crippen molar-refractivity contribution in [3.63, 3.8) is 0 Å². The van der Waals surface area contributed by atoms with E-state index in [2.05, 4.69) is 0 Å². The van der Waals surface area contributed by atoms with E-state index in [0.717, 1.165) is 12.8 Å². The zero-order chi connectivity index (χ0) is 11.9. The molecule has 2 N–H and O–H groups in total. The maximum Gasteiger partial charge on any atom is 0.401 e. The molecule has 0 amide bonds. The minimum Gasteiger partial charge on any atom is -0.330 e. The number of nitrogens with zero attached hydrogens (tertiary/aromatic N) is 1. The molecule has 2 nitrogen and oxygen atoms in total. The van der Waals surface area contributed by atoms with Crippen molar-refractivity contribution in [1.29, 1.82) is 0 Å². The number of hydrogen-bond acceptors (Lipinski definition) is 2. The van der Waals surface area contributed by atoms with Crippen molar-refractivity contribution in [3.05, 3.63) is 0 Å². The fourth-order valence-corrected chi connectivity index (χ4v) is 1.38. The summed E-state index contributed by atoms with van der Waals surface area (Å²) in [6.07, 6.45) is -2.41. The molecule has 0 fully saturated rings. The molecule has 5 heteroatoms. The molecule has 1 unspecified atom stereocenters. The number of hydrogen-bond donors (Lipinski definition) is 1. The van der Waals surface area contributed by atoms with Crippen LogP contribution in [0.2, 0.25) is 0 Å². The molecule has 0 saturated heterocycles. The minimum atomic E-state index is -4.09. The topological polar surface area (TPSA) is 29.3 Å². The number of alkyl halides is 3. The quantitative estimate of drug-likeness (QED) is 0.721. The highest BCUT2D eigenvalue weighted by Crippen LogP contribution is 2.16. The first kappa shape index (κ1) is 14.7. The van der Waals surface area contributed by atoms with E-state index in [1.165, 1.54) is 4.90 Å². The van der Waals surface area contributed by atoms with Crippen molar-refractivity contribution in [2.24, 2.45) is 11.7 Å². The standard InChI is InChI=1S/C10H21F3N2/c1-3-15(8-10(11,12)13)6-4-5-9(2)7-14/h9H,3-8,14H2,1-2H3. The Bertz CT molecular complexity index is 159. The van der Waals surface area contributed by atoms with Crippen molar-refractivity contribution >= 4 is 0 Å². The third kappa shape index (κ3) is 8.69. The maximum absolute atomic E-state index is 12.1. The van der Waals surface area contributed by atoms with Crippen LogP contribution in [0.5, 0.6) is 0 Å². The van der Waals surface area contributed by atoms with Crippen LogP contribution in [0, 0.1) is 5.92 Å². The molecule has 92 valence electrons. The van der Waals surface area contributed by atoms with Gasteiger partial charge in [-0.1, -0.05) is 13.8 Å². The van der Waals surface area contributed by atoms with Crippen molar-refractivity contribution in [2.75, 3.05) is 26.2 Å². The highest BCUT2D eigenvalue weighted by Gasteiger charge is 2.29. The highest BCUT2D eigenvalue weighted by molar-refractivity contribution is 4.63. The van der Waals surface area contributed by atoms with Crippen molar-refractivity contribution < 1.29 is 13.2 Å². The number of nitrogens with two attached hydrogens (primary N) is 1. The normalized spacial score (nSPS) is 14.6. The summed E-state index contributed by atoms with van der Waals surface area (Å²) in [6.45, 7) is 4.50. The average molecular weight is 226 g/mol. The van der Waals surface area contributed by atoms with Gasteiger partial charge in [0.25, 0.3) is 0 Å². The zero-order valence-electron chi connectivity index (χ0n) is 9.48. The Morgan fingerprint density at radius 2 is 1.93 bits per heavy atom. The first-order valence-electron chi connectivity index (χ1n) is 5.38. The molecule has 0 aliphatic rings. The Labute approximate surface area is 89.6 Å². The molecule has 0 aromatic rings. The van der Waals surface area contributed by atoms with Gasteiger partial charge in [0.15, 0.2) is 0 Å². The fourth-order valence-electron chi connectivity index (χ4n) is 1.38. The monoisotopic (exact) mass is 226 g/mol. The van der Waals surface area contributed by atoms with Gasteiger partial charge in [-0.2, -0.15) is 13.2 Å². The maximum atomic E-state index is 12.1. The summed E-state index contributed by atoms with van der Waals surface area (Å²) in [7, 11) is 0. The van der Waals surface area contributed by atoms with Crippen LogP contribution < -0.4 is 5.73 Å². The van der Waals surface area contributed by atoms with Crippen molar-refractivity contribution in [3.8, 4) is 0 Å². The molecule has 0 aromatic carbocycles. The molecule has 0 rings (SSSR count). The number of halogens is 3. The van der Waals surface area contributed by atoms with Gasteiger partial charge in [0, 0.05) is 0 Å². The SMILES string of the molecule is CCN(CCCC(C)CN)CC(F)(F)F. The first-order chi connectivity index (χ1) is 6.89. The van der Waals surface area contributed by atoms with E-state index in [4.69, 9.17) is 5.73 Å². The molecular weight excluding hydrogens is 205 g/mol. The van der Waals surface area contributed by atoms with Crippen LogP contribution in [0.15, 0.2) is 0 Å². The first-order valence-corrected chi connectivity index (χ1v) is 5.38. The van der Waals surface area contributed by atoms with Crippen LogP contribution in [0.25, 0.3) is 0 Å². The Hall–Kier alpha value is -0.290. The van der Waals surface area contributed by atoms with Crippen molar-refractivity contribution in [1.82, 2.24) is 4.90 Å². The zero-order valence-corrected chi connectivity index (χ0v) is 9.48. The van der Waals surface area contributed by atoms with E-state index in [9.17, 15) is 13.2 Å². The van der Waals surface area contributed by atoms with Crippen LogP contribution in [0.4, 0.5) is 13.2 Å². The molecule has 0 aromatic heterocycles. The average Bonchev–Trinajstić information content (AvgIpc) is 2.14. The smallest absolute Gasteiger partial charge is 0.330 e. The number of rotatable bonds is 7. The summed E-state index contributed by atoms with van der Waals surface area (Å²) in [4.78, 5) is 1.42. The van der Waals surface area contributed by atoms with Gasteiger partial charge in [0.1, 0.15) is 0 Å². The predicted molar refractivity (Wildman–Crippen MR) is 55.6 cm³/mol. The van der Waals surface area contributed by atoms with Gasteiger partial charge in [0.2, 0.25) is 0 Å². The van der Waals surface area contributed by atoms with Crippen LogP contribution in [-0.2, 0) is 0 Å². The highest BCUT2D eigenvalue weighted by atomic mass is 19.4. The lowest BCUT2D eigenvalue weighted by Gasteiger charge is -2.22. The van der Waals surface area contributed by atoms with Gasteiger partial charge in [-0.15, -0.1) is 0 Å². The Morgan fingerprint density at radius 1 is 1.33 bits per heavy atom. The van der Waals surface area contributed by atoms with Gasteiger partial charge < -0.3 is 5.73 Å². The molecular formula is C10H21F3N2. The second-order valence-corrected chi connectivity index (χ2v) is 3.97. The van der Waals surface area contributed by atoms with E-state index in [1.807, 2.05) is 6.92 Å². The molecule has 0 aliphatic heterocycles. The van der Waals surface area contributed by atoms with E-state index < -0.39 is 12.7 Å². The van der Waals surface area contributed by atoms with E-state index in [0.29, 0.717) is 25.6 Å². The minimum absolute atomic E-state index is 0.398. The third-order valence-electron chi connectivity index (χ3n) is 2.42. The molecule has 0 radical (unpaired) electrons. The van der Waals surface area contributed by atoms with Crippen molar-refractivity contribution in [2.45, 2.75) is 32.9 Å². The summed E-state index contributed by atoms with van der Waals surface area (Å²) < 4.78 is 36.2. The summed E-state index contributed by atoms with van der Waals surface area (Å²) in [5.41, 5.74) is 5.43. The predicted octanol–water partition coefficient (Wildman–Crippen LogP) is 2.25. The second-order valence-electron chi connectivity index (χ2n) is 3.97. The van der Waals surface area contributed by atoms with Gasteiger partial charge in [-0.3, -0.25) is 4.90 Å². The third-order valence-corrected chi connectivity index (χ3v) is 2.42. The lowest BCUT2D eigenvalue weighted by Crippen LogP contribution is -2.35. The largest absolute Gasteiger partial charge is 0.401 e. The summed E-state index contributed by atoms with van der Waals surface area (Å²) in [5, 5.41) is 0. The van der Waals surface area contributed by atoms with E-state index in [1.54, 1.807) is 6.92 Å². The molecule has 1 atom stereocenters. The van der Waals surface area contributed by atoms with Gasteiger partial charge >= 0.3 is 6.18 Å². The lowest BCUT2D eigenvalue weighted by molar-refractivity contribution is -0.145. The Morgan fingerprint density at radius 3 is 2.33 bits per heavy atom. The summed E-state index contributed by atoms with van der Waals surface area (Å²) in [6, 6.07) is 0. The fraction of sp³-hybridized carbons (Fsp3) is 1.00. The molecule has 0 aliphatic carbocycles. The van der Waals surface area contributed by atoms with Crippen LogP contribution >= 0.6 is 0 Å². The second kappa shape index (κ2) is 7.06.